The molecular weight excluding hydrogens is 350 g/mol. The number of rotatable bonds is 9. The Morgan fingerprint density at radius 2 is 1.89 bits per heavy atom. The molecule has 4 nitrogen and oxygen atoms in total. The molecule has 1 aromatic heterocycles. The molecule has 0 spiro atoms. The highest BCUT2D eigenvalue weighted by Crippen LogP contribution is 2.27. The summed E-state index contributed by atoms with van der Waals surface area (Å²) >= 11 is 0. The van der Waals surface area contributed by atoms with Crippen LogP contribution in [0.5, 0.6) is 5.75 Å². The number of aromatic nitrogens is 1. The lowest BCUT2D eigenvalue weighted by molar-refractivity contribution is -0.147. The molecule has 3 rings (SSSR count). The number of unbranched alkanes of at least 4 members (excludes halogenated alkanes) is 2. The largest absolute Gasteiger partial charge is 0.487 e. The van der Waals surface area contributed by atoms with Crippen LogP contribution in [0.2, 0.25) is 0 Å². The number of ether oxygens (including phenoxy) is 2. The van der Waals surface area contributed by atoms with Gasteiger partial charge in [0.05, 0.1) is 11.2 Å². The van der Waals surface area contributed by atoms with E-state index in [2.05, 4.69) is 18.0 Å². The summed E-state index contributed by atoms with van der Waals surface area (Å²) in [7, 11) is 0. The van der Waals surface area contributed by atoms with Crippen molar-refractivity contribution in [3.05, 3.63) is 71.9 Å². The zero-order valence-corrected chi connectivity index (χ0v) is 16.6. The molecule has 1 atom stereocenters. The Hall–Kier alpha value is -2.88. The van der Waals surface area contributed by atoms with Crippen LogP contribution in [0.1, 0.15) is 56.9 Å². The maximum atomic E-state index is 11.5. The van der Waals surface area contributed by atoms with E-state index in [1.54, 1.807) is 0 Å². The molecule has 4 heteroatoms. The standard InChI is InChI=1S/C24H27NO3/c1-3-4-5-13-24(28-18(2)26)20-10-8-11-22(16-20)27-17-21-15-14-19-9-6-7-12-23(19)25-21/h6-12,14-16,24H,3-5,13,17H2,1-2H3. The normalized spacial score (nSPS) is 11.9. The number of esters is 1. The zero-order chi connectivity index (χ0) is 19.8. The highest BCUT2D eigenvalue weighted by molar-refractivity contribution is 5.78. The molecule has 0 radical (unpaired) electrons. The number of fused-ring (bicyclic) bond motifs is 1. The van der Waals surface area contributed by atoms with E-state index < -0.39 is 0 Å². The molecule has 1 unspecified atom stereocenters. The molecule has 1 heterocycles. The van der Waals surface area contributed by atoms with E-state index in [-0.39, 0.29) is 12.1 Å². The molecule has 0 bridgehead atoms. The monoisotopic (exact) mass is 377 g/mol. The third kappa shape index (κ3) is 5.56. The second-order valence-electron chi connectivity index (χ2n) is 6.95. The lowest BCUT2D eigenvalue weighted by Gasteiger charge is -2.18. The Morgan fingerprint density at radius 1 is 1.04 bits per heavy atom. The van der Waals surface area contributed by atoms with Gasteiger partial charge in [-0.1, -0.05) is 56.2 Å². The molecule has 146 valence electrons. The summed E-state index contributed by atoms with van der Waals surface area (Å²) in [5.41, 5.74) is 2.81. The lowest BCUT2D eigenvalue weighted by atomic mass is 10.0. The van der Waals surface area contributed by atoms with Gasteiger partial charge in [-0.25, -0.2) is 4.98 Å². The van der Waals surface area contributed by atoms with Crippen molar-refractivity contribution in [1.82, 2.24) is 4.98 Å². The van der Waals surface area contributed by atoms with Gasteiger partial charge in [0.1, 0.15) is 18.5 Å². The first-order valence-electron chi connectivity index (χ1n) is 9.90. The second kappa shape index (κ2) is 9.88. The Kier molecular flexibility index (Phi) is 7.01. The van der Waals surface area contributed by atoms with Gasteiger partial charge in [0.15, 0.2) is 0 Å². The SMILES string of the molecule is CCCCCC(OC(C)=O)c1cccc(OCc2ccc3ccccc3n2)c1. The van der Waals surface area contributed by atoms with Crippen LogP contribution in [-0.4, -0.2) is 11.0 Å². The Labute approximate surface area is 166 Å². The average Bonchev–Trinajstić information content (AvgIpc) is 2.71. The third-order valence-corrected chi connectivity index (χ3v) is 4.65. The lowest BCUT2D eigenvalue weighted by Crippen LogP contribution is -2.09. The van der Waals surface area contributed by atoms with Gasteiger partial charge < -0.3 is 9.47 Å². The summed E-state index contributed by atoms with van der Waals surface area (Å²) in [6.07, 6.45) is 3.88. The van der Waals surface area contributed by atoms with Crippen LogP contribution in [0.4, 0.5) is 0 Å². The van der Waals surface area contributed by atoms with E-state index in [0.717, 1.165) is 53.6 Å². The quantitative estimate of drug-likeness (QED) is 0.339. The number of hydrogen-bond donors (Lipinski definition) is 0. The van der Waals surface area contributed by atoms with Crippen molar-refractivity contribution in [1.29, 1.82) is 0 Å². The number of nitrogens with zero attached hydrogens (tertiary/aromatic N) is 1. The molecule has 0 fully saturated rings. The summed E-state index contributed by atoms with van der Waals surface area (Å²) in [4.78, 5) is 16.1. The molecule has 0 aliphatic rings. The summed E-state index contributed by atoms with van der Waals surface area (Å²) in [6.45, 7) is 4.01. The van der Waals surface area contributed by atoms with Crippen LogP contribution in [0.3, 0.4) is 0 Å². The molecule has 0 amide bonds. The number of pyridine rings is 1. The predicted molar refractivity (Wildman–Crippen MR) is 111 cm³/mol. The number of carbonyl (C=O) groups excluding carboxylic acids is 1. The fourth-order valence-corrected chi connectivity index (χ4v) is 3.22. The van der Waals surface area contributed by atoms with Gasteiger partial charge in [-0.15, -0.1) is 0 Å². The van der Waals surface area contributed by atoms with Crippen LogP contribution in [-0.2, 0) is 16.1 Å². The third-order valence-electron chi connectivity index (χ3n) is 4.65. The molecule has 0 aliphatic heterocycles. The molecular formula is C24H27NO3. The van der Waals surface area contributed by atoms with Gasteiger partial charge in [-0.05, 0) is 42.7 Å². The van der Waals surface area contributed by atoms with Crippen LogP contribution in [0.25, 0.3) is 10.9 Å². The number of hydrogen-bond acceptors (Lipinski definition) is 4. The van der Waals surface area contributed by atoms with Gasteiger partial charge in [0.25, 0.3) is 0 Å². The van der Waals surface area contributed by atoms with Gasteiger partial charge in [-0.2, -0.15) is 0 Å². The molecule has 0 saturated carbocycles. The van der Waals surface area contributed by atoms with Crippen molar-refractivity contribution in [2.45, 2.75) is 52.2 Å². The molecule has 0 N–H and O–H groups in total. The first-order valence-corrected chi connectivity index (χ1v) is 9.90. The summed E-state index contributed by atoms with van der Waals surface area (Å²) < 4.78 is 11.5. The van der Waals surface area contributed by atoms with E-state index in [1.807, 2.05) is 54.6 Å². The van der Waals surface area contributed by atoms with Crippen LogP contribution < -0.4 is 4.74 Å². The van der Waals surface area contributed by atoms with Crippen molar-refractivity contribution in [2.75, 3.05) is 0 Å². The molecule has 0 saturated heterocycles. The van der Waals surface area contributed by atoms with Crippen molar-refractivity contribution in [2.24, 2.45) is 0 Å². The van der Waals surface area contributed by atoms with Crippen molar-refractivity contribution in [3.63, 3.8) is 0 Å². The fraction of sp³-hybridized carbons (Fsp3) is 0.333. The molecule has 2 aromatic carbocycles. The molecule has 28 heavy (non-hydrogen) atoms. The fourth-order valence-electron chi connectivity index (χ4n) is 3.22. The van der Waals surface area contributed by atoms with Crippen molar-refractivity contribution in [3.8, 4) is 5.75 Å². The smallest absolute Gasteiger partial charge is 0.303 e. The van der Waals surface area contributed by atoms with E-state index >= 15 is 0 Å². The van der Waals surface area contributed by atoms with E-state index in [9.17, 15) is 4.79 Å². The van der Waals surface area contributed by atoms with E-state index in [0.29, 0.717) is 6.61 Å². The average molecular weight is 377 g/mol. The number of para-hydroxylation sites is 1. The van der Waals surface area contributed by atoms with Crippen LogP contribution >= 0.6 is 0 Å². The Balaban J connectivity index is 1.69. The van der Waals surface area contributed by atoms with Gasteiger partial charge in [0, 0.05) is 12.3 Å². The minimum atomic E-state index is -0.256. The van der Waals surface area contributed by atoms with Crippen molar-refractivity contribution >= 4 is 16.9 Å². The highest BCUT2D eigenvalue weighted by atomic mass is 16.5. The number of carbonyl (C=O) groups is 1. The van der Waals surface area contributed by atoms with Crippen LogP contribution in [0.15, 0.2) is 60.7 Å². The predicted octanol–water partition coefficient (Wildman–Crippen LogP) is 6.00. The topological polar surface area (TPSA) is 48.4 Å². The summed E-state index contributed by atoms with van der Waals surface area (Å²) in [6, 6.07) is 19.9. The first kappa shape index (κ1) is 19.9. The summed E-state index contributed by atoms with van der Waals surface area (Å²) in [5.74, 6) is 0.494. The molecule has 0 aliphatic carbocycles. The minimum Gasteiger partial charge on any atom is -0.487 e. The summed E-state index contributed by atoms with van der Waals surface area (Å²) in [5, 5.41) is 1.12. The zero-order valence-electron chi connectivity index (χ0n) is 16.6. The second-order valence-corrected chi connectivity index (χ2v) is 6.95. The van der Waals surface area contributed by atoms with Crippen LogP contribution in [0, 0.1) is 0 Å². The maximum absolute atomic E-state index is 11.5. The Morgan fingerprint density at radius 3 is 2.71 bits per heavy atom. The maximum Gasteiger partial charge on any atom is 0.303 e. The molecule has 3 aromatic rings. The first-order chi connectivity index (χ1) is 13.7. The van der Waals surface area contributed by atoms with Gasteiger partial charge in [-0.3, -0.25) is 4.79 Å². The van der Waals surface area contributed by atoms with E-state index in [4.69, 9.17) is 9.47 Å². The van der Waals surface area contributed by atoms with Gasteiger partial charge in [0.2, 0.25) is 0 Å². The number of benzene rings is 2. The van der Waals surface area contributed by atoms with Gasteiger partial charge >= 0.3 is 5.97 Å². The Bertz CT molecular complexity index is 922. The highest BCUT2D eigenvalue weighted by Gasteiger charge is 2.15. The van der Waals surface area contributed by atoms with Crippen molar-refractivity contribution < 1.29 is 14.3 Å². The minimum absolute atomic E-state index is 0.230. The van der Waals surface area contributed by atoms with E-state index in [1.165, 1.54) is 6.92 Å².